The van der Waals surface area contributed by atoms with Crippen LogP contribution in [0, 0.1) is 13.8 Å². The summed E-state index contributed by atoms with van der Waals surface area (Å²) < 4.78 is 3.17. The molecule has 0 saturated heterocycles. The van der Waals surface area contributed by atoms with Crippen LogP contribution in [0.2, 0.25) is 0 Å². The van der Waals surface area contributed by atoms with E-state index in [1.165, 1.54) is 11.6 Å². The first-order chi connectivity index (χ1) is 14.2. The molecule has 3 aromatic heterocycles. The molecule has 0 aliphatic rings. The van der Waals surface area contributed by atoms with Gasteiger partial charge < -0.3 is 5.32 Å². The molecule has 0 aliphatic carbocycles. The predicted molar refractivity (Wildman–Crippen MR) is 115 cm³/mol. The van der Waals surface area contributed by atoms with Crippen molar-refractivity contribution in [2.24, 2.45) is 7.05 Å². The summed E-state index contributed by atoms with van der Waals surface area (Å²) in [6, 6.07) is 1.37. The lowest BCUT2D eigenvalue weighted by atomic mass is 10.0. The number of H-pyrrole nitrogens is 1. The van der Waals surface area contributed by atoms with E-state index in [1.54, 1.807) is 6.07 Å². The van der Waals surface area contributed by atoms with Gasteiger partial charge in [0.2, 0.25) is 0 Å². The summed E-state index contributed by atoms with van der Waals surface area (Å²) in [5.74, 6) is -0.379. The van der Waals surface area contributed by atoms with E-state index in [0.717, 1.165) is 23.5 Å². The largest absolute Gasteiger partial charge is 0.345 e. The topological polar surface area (TPSA) is 115 Å². The summed E-state index contributed by atoms with van der Waals surface area (Å²) in [5.41, 5.74) is 2.73. The highest BCUT2D eigenvalue weighted by Gasteiger charge is 2.24. The van der Waals surface area contributed by atoms with Gasteiger partial charge in [-0.2, -0.15) is 5.10 Å². The molecule has 160 valence electrons. The second kappa shape index (κ2) is 8.25. The monoisotopic (exact) mass is 412 g/mol. The van der Waals surface area contributed by atoms with Crippen LogP contribution in [-0.2, 0) is 20.0 Å². The molecular formula is C21H28N6O3. The summed E-state index contributed by atoms with van der Waals surface area (Å²) in [6.45, 7) is 10.6. The Hall–Kier alpha value is -3.23. The standard InChI is InChI=1S/C21H28N6O3/c1-7-13-10-14(17-18(22-13)26(6)21(30)24-20(17)29)19(28)23-15(8-2)16-11(4)25-27(9-3)12(16)5/h10,15H,7-9H2,1-6H3,(H,23,28)(H,24,29,30). The van der Waals surface area contributed by atoms with Gasteiger partial charge in [0, 0.05) is 30.5 Å². The average molecular weight is 412 g/mol. The first-order valence-corrected chi connectivity index (χ1v) is 10.2. The Morgan fingerprint density at radius 2 is 1.93 bits per heavy atom. The number of rotatable bonds is 6. The lowest BCUT2D eigenvalue weighted by Gasteiger charge is -2.19. The van der Waals surface area contributed by atoms with Crippen molar-refractivity contribution < 1.29 is 4.79 Å². The van der Waals surface area contributed by atoms with Crippen LogP contribution < -0.4 is 16.6 Å². The van der Waals surface area contributed by atoms with Crippen molar-refractivity contribution in [2.45, 2.75) is 60.0 Å². The predicted octanol–water partition coefficient (Wildman–Crippen LogP) is 1.90. The number of hydrogen-bond acceptors (Lipinski definition) is 5. The van der Waals surface area contributed by atoms with Gasteiger partial charge in [-0.25, -0.2) is 9.78 Å². The fourth-order valence-electron chi connectivity index (χ4n) is 3.89. The molecule has 0 bridgehead atoms. The fourth-order valence-corrected chi connectivity index (χ4v) is 3.89. The van der Waals surface area contributed by atoms with Crippen LogP contribution in [0.15, 0.2) is 15.7 Å². The molecule has 0 radical (unpaired) electrons. The lowest BCUT2D eigenvalue weighted by molar-refractivity contribution is 0.0937. The van der Waals surface area contributed by atoms with Gasteiger partial charge in [-0.3, -0.25) is 23.8 Å². The van der Waals surface area contributed by atoms with Gasteiger partial charge in [0.15, 0.2) is 0 Å². The van der Waals surface area contributed by atoms with Gasteiger partial charge in [-0.1, -0.05) is 13.8 Å². The van der Waals surface area contributed by atoms with E-state index in [2.05, 4.69) is 20.4 Å². The number of fused-ring (bicyclic) bond motifs is 1. The molecule has 0 fully saturated rings. The third-order valence-electron chi connectivity index (χ3n) is 5.53. The summed E-state index contributed by atoms with van der Waals surface area (Å²) in [5, 5.41) is 7.73. The number of amides is 1. The number of carbonyl (C=O) groups is 1. The van der Waals surface area contributed by atoms with Gasteiger partial charge >= 0.3 is 5.69 Å². The quantitative estimate of drug-likeness (QED) is 0.642. The van der Waals surface area contributed by atoms with Crippen molar-refractivity contribution in [1.82, 2.24) is 29.6 Å². The molecule has 9 nitrogen and oxygen atoms in total. The van der Waals surface area contributed by atoms with E-state index >= 15 is 0 Å². The molecule has 1 unspecified atom stereocenters. The molecular weight excluding hydrogens is 384 g/mol. The number of aromatic nitrogens is 5. The Labute approximate surface area is 174 Å². The minimum Gasteiger partial charge on any atom is -0.345 e. The summed E-state index contributed by atoms with van der Waals surface area (Å²) in [7, 11) is 1.52. The number of pyridine rings is 1. The van der Waals surface area contributed by atoms with Crippen molar-refractivity contribution in [3.63, 3.8) is 0 Å². The van der Waals surface area contributed by atoms with E-state index < -0.39 is 11.2 Å². The fraction of sp³-hybridized carbons (Fsp3) is 0.476. The van der Waals surface area contributed by atoms with Gasteiger partial charge in [0.1, 0.15) is 5.65 Å². The molecule has 2 N–H and O–H groups in total. The van der Waals surface area contributed by atoms with E-state index in [4.69, 9.17) is 0 Å². The van der Waals surface area contributed by atoms with Crippen LogP contribution in [0.3, 0.4) is 0 Å². The molecule has 0 spiro atoms. The minimum atomic E-state index is -0.618. The third kappa shape index (κ3) is 3.55. The first kappa shape index (κ1) is 21.5. The molecule has 0 aliphatic heterocycles. The highest BCUT2D eigenvalue weighted by Crippen LogP contribution is 2.25. The highest BCUT2D eigenvalue weighted by molar-refractivity contribution is 6.05. The van der Waals surface area contributed by atoms with Crippen molar-refractivity contribution >= 4 is 16.9 Å². The normalized spacial score (nSPS) is 12.3. The molecule has 3 aromatic rings. The summed E-state index contributed by atoms with van der Waals surface area (Å²) in [6.07, 6.45) is 1.23. The average Bonchev–Trinajstić information content (AvgIpc) is 3.02. The van der Waals surface area contributed by atoms with E-state index in [0.29, 0.717) is 18.5 Å². The maximum Gasteiger partial charge on any atom is 0.329 e. The van der Waals surface area contributed by atoms with Crippen LogP contribution in [-0.4, -0.2) is 30.2 Å². The molecule has 9 heteroatoms. The van der Waals surface area contributed by atoms with Crippen LogP contribution in [0.1, 0.15) is 66.2 Å². The summed E-state index contributed by atoms with van der Waals surface area (Å²) >= 11 is 0. The van der Waals surface area contributed by atoms with E-state index in [-0.39, 0.29) is 28.5 Å². The van der Waals surface area contributed by atoms with Gasteiger partial charge in [-0.15, -0.1) is 0 Å². The van der Waals surface area contributed by atoms with Gasteiger partial charge in [0.05, 0.1) is 22.7 Å². The van der Waals surface area contributed by atoms with Crippen LogP contribution in [0.4, 0.5) is 0 Å². The maximum atomic E-state index is 13.3. The van der Waals surface area contributed by atoms with Crippen molar-refractivity contribution in [1.29, 1.82) is 0 Å². The Kier molecular flexibility index (Phi) is 5.91. The second-order valence-corrected chi connectivity index (χ2v) is 7.37. The van der Waals surface area contributed by atoms with E-state index in [9.17, 15) is 14.4 Å². The van der Waals surface area contributed by atoms with Gasteiger partial charge in [-0.05, 0) is 39.7 Å². The molecule has 0 aromatic carbocycles. The minimum absolute atomic E-state index is 0.111. The molecule has 0 saturated carbocycles. The molecule has 3 rings (SSSR count). The zero-order chi connectivity index (χ0) is 22.2. The lowest BCUT2D eigenvalue weighted by Crippen LogP contribution is -2.33. The second-order valence-electron chi connectivity index (χ2n) is 7.37. The zero-order valence-corrected chi connectivity index (χ0v) is 18.3. The van der Waals surface area contributed by atoms with Crippen molar-refractivity contribution in [3.8, 4) is 0 Å². The molecule has 1 amide bonds. The Balaban J connectivity index is 2.13. The van der Waals surface area contributed by atoms with Gasteiger partial charge in [0.25, 0.3) is 11.5 Å². The molecule has 3 heterocycles. The Bertz CT molecular complexity index is 1230. The first-order valence-electron chi connectivity index (χ1n) is 10.2. The smallest absolute Gasteiger partial charge is 0.329 e. The van der Waals surface area contributed by atoms with Crippen molar-refractivity contribution in [2.75, 3.05) is 0 Å². The zero-order valence-electron chi connectivity index (χ0n) is 18.3. The Morgan fingerprint density at radius 1 is 1.23 bits per heavy atom. The molecule has 30 heavy (non-hydrogen) atoms. The number of nitrogens with one attached hydrogen (secondary N) is 2. The number of hydrogen-bond donors (Lipinski definition) is 2. The van der Waals surface area contributed by atoms with Crippen LogP contribution in [0.5, 0.6) is 0 Å². The SMILES string of the molecule is CCc1cc(C(=O)NC(CC)c2c(C)nn(CC)c2C)c2c(=O)[nH]c(=O)n(C)c2n1. The van der Waals surface area contributed by atoms with Crippen LogP contribution in [0.25, 0.3) is 11.0 Å². The number of carbonyl (C=O) groups excluding carboxylic acids is 1. The third-order valence-corrected chi connectivity index (χ3v) is 5.53. The Morgan fingerprint density at radius 3 is 2.50 bits per heavy atom. The van der Waals surface area contributed by atoms with Crippen LogP contribution >= 0.6 is 0 Å². The number of aryl methyl sites for hydroxylation is 4. The number of aromatic amines is 1. The number of nitrogens with zero attached hydrogens (tertiary/aromatic N) is 4. The van der Waals surface area contributed by atoms with E-state index in [1.807, 2.05) is 39.3 Å². The summed E-state index contributed by atoms with van der Waals surface area (Å²) in [4.78, 5) is 44.5. The maximum absolute atomic E-state index is 13.3. The highest BCUT2D eigenvalue weighted by atomic mass is 16.2. The van der Waals surface area contributed by atoms with Crippen molar-refractivity contribution in [3.05, 3.63) is 55.1 Å². The molecule has 1 atom stereocenters.